The van der Waals surface area contributed by atoms with Crippen LogP contribution in [-0.2, 0) is 4.74 Å². The summed E-state index contributed by atoms with van der Waals surface area (Å²) in [5, 5.41) is 0. The highest BCUT2D eigenvalue weighted by Crippen LogP contribution is 2.18. The Balaban J connectivity index is 2.15. The fourth-order valence-corrected chi connectivity index (χ4v) is 2.31. The lowest BCUT2D eigenvalue weighted by molar-refractivity contribution is -0.0444. The summed E-state index contributed by atoms with van der Waals surface area (Å²) < 4.78 is 5.61. The van der Waals surface area contributed by atoms with Gasteiger partial charge in [0.1, 0.15) is 0 Å². The zero-order valence-electron chi connectivity index (χ0n) is 11.4. The first-order valence-corrected chi connectivity index (χ1v) is 6.65. The third-order valence-electron chi connectivity index (χ3n) is 3.50. The van der Waals surface area contributed by atoms with Gasteiger partial charge in [0, 0.05) is 17.8 Å². The fourth-order valence-electron chi connectivity index (χ4n) is 2.31. The second kappa shape index (κ2) is 6.04. The monoisotopic (exact) mass is 263 g/mol. The summed E-state index contributed by atoms with van der Waals surface area (Å²) in [6, 6.07) is 7.36. The minimum absolute atomic E-state index is 0.0607. The lowest BCUT2D eigenvalue weighted by atomic mass is 10.1. The number of benzene rings is 1. The number of anilines is 1. The molecule has 1 saturated heterocycles. The standard InChI is InChI=1S/C14H21N3O2/c1-3-13-9-19-10(2)8-17(13)14(18)11-4-6-12(16-15)7-5-11/h4-7,10,13,16H,3,8-9,15H2,1-2H3. The lowest BCUT2D eigenvalue weighted by Crippen LogP contribution is -2.51. The molecule has 2 unspecified atom stereocenters. The van der Waals surface area contributed by atoms with Gasteiger partial charge in [0.25, 0.3) is 5.91 Å². The number of morpholine rings is 1. The van der Waals surface area contributed by atoms with Crippen LogP contribution < -0.4 is 11.3 Å². The van der Waals surface area contributed by atoms with E-state index >= 15 is 0 Å². The van der Waals surface area contributed by atoms with Crippen LogP contribution in [0.5, 0.6) is 0 Å². The molecule has 0 aliphatic carbocycles. The van der Waals surface area contributed by atoms with E-state index in [9.17, 15) is 4.79 Å². The second-order valence-electron chi connectivity index (χ2n) is 4.89. The minimum Gasteiger partial charge on any atom is -0.375 e. The highest BCUT2D eigenvalue weighted by atomic mass is 16.5. The molecule has 0 radical (unpaired) electrons. The molecule has 5 heteroatoms. The number of nitrogens with two attached hydrogens (primary N) is 1. The van der Waals surface area contributed by atoms with Gasteiger partial charge in [0.2, 0.25) is 0 Å². The fraction of sp³-hybridized carbons (Fsp3) is 0.500. The Bertz CT molecular complexity index is 433. The van der Waals surface area contributed by atoms with Crippen LogP contribution in [0.25, 0.3) is 0 Å². The molecule has 0 spiro atoms. The van der Waals surface area contributed by atoms with E-state index in [-0.39, 0.29) is 18.1 Å². The van der Waals surface area contributed by atoms with Crippen LogP contribution in [0.4, 0.5) is 5.69 Å². The molecule has 1 heterocycles. The van der Waals surface area contributed by atoms with E-state index in [0.29, 0.717) is 18.7 Å². The second-order valence-corrected chi connectivity index (χ2v) is 4.89. The number of rotatable bonds is 3. The first kappa shape index (κ1) is 13.8. The minimum atomic E-state index is 0.0607. The summed E-state index contributed by atoms with van der Waals surface area (Å²) in [4.78, 5) is 14.4. The molecule has 104 valence electrons. The van der Waals surface area contributed by atoms with Crippen molar-refractivity contribution in [1.29, 1.82) is 0 Å². The Labute approximate surface area is 113 Å². The summed E-state index contributed by atoms with van der Waals surface area (Å²) >= 11 is 0. The molecular formula is C14H21N3O2. The van der Waals surface area contributed by atoms with Crippen molar-refractivity contribution in [1.82, 2.24) is 4.90 Å². The summed E-state index contributed by atoms with van der Waals surface area (Å²) in [7, 11) is 0. The molecule has 5 nitrogen and oxygen atoms in total. The average molecular weight is 263 g/mol. The quantitative estimate of drug-likeness (QED) is 0.642. The normalized spacial score (nSPS) is 23.2. The number of carbonyl (C=O) groups is 1. The van der Waals surface area contributed by atoms with Crippen molar-refractivity contribution in [3.05, 3.63) is 29.8 Å². The summed E-state index contributed by atoms with van der Waals surface area (Å²) in [6.45, 7) is 5.33. The van der Waals surface area contributed by atoms with E-state index in [1.54, 1.807) is 24.3 Å². The zero-order valence-corrected chi connectivity index (χ0v) is 11.4. The highest BCUT2D eigenvalue weighted by molar-refractivity contribution is 5.94. The number of carbonyl (C=O) groups excluding carboxylic acids is 1. The molecule has 1 aromatic carbocycles. The lowest BCUT2D eigenvalue weighted by Gasteiger charge is -2.38. The Hall–Kier alpha value is -1.59. The van der Waals surface area contributed by atoms with E-state index in [1.165, 1.54) is 0 Å². The van der Waals surface area contributed by atoms with Gasteiger partial charge >= 0.3 is 0 Å². The van der Waals surface area contributed by atoms with Crippen molar-refractivity contribution in [3.8, 4) is 0 Å². The molecule has 2 rings (SSSR count). The van der Waals surface area contributed by atoms with Crippen LogP contribution in [0.2, 0.25) is 0 Å². The predicted octanol–water partition coefficient (Wildman–Crippen LogP) is 1.61. The van der Waals surface area contributed by atoms with Crippen molar-refractivity contribution < 1.29 is 9.53 Å². The topological polar surface area (TPSA) is 67.6 Å². The number of hydrazine groups is 1. The number of nitrogen functional groups attached to an aromatic ring is 1. The van der Waals surface area contributed by atoms with Crippen LogP contribution >= 0.6 is 0 Å². The van der Waals surface area contributed by atoms with E-state index in [2.05, 4.69) is 12.3 Å². The van der Waals surface area contributed by atoms with Gasteiger partial charge in [-0.2, -0.15) is 0 Å². The maximum absolute atomic E-state index is 12.5. The third-order valence-corrected chi connectivity index (χ3v) is 3.50. The zero-order chi connectivity index (χ0) is 13.8. The van der Waals surface area contributed by atoms with Gasteiger partial charge in [-0.1, -0.05) is 6.92 Å². The van der Waals surface area contributed by atoms with Crippen molar-refractivity contribution in [3.63, 3.8) is 0 Å². The van der Waals surface area contributed by atoms with Crippen LogP contribution in [0.1, 0.15) is 30.6 Å². The Morgan fingerprint density at radius 1 is 1.47 bits per heavy atom. The van der Waals surface area contributed by atoms with Crippen molar-refractivity contribution in [2.45, 2.75) is 32.4 Å². The van der Waals surface area contributed by atoms with Crippen molar-refractivity contribution >= 4 is 11.6 Å². The number of nitrogens with zero attached hydrogens (tertiary/aromatic N) is 1. The molecule has 1 aliphatic heterocycles. The van der Waals surface area contributed by atoms with Crippen LogP contribution in [0, 0.1) is 0 Å². The van der Waals surface area contributed by atoms with Crippen molar-refractivity contribution in [2.24, 2.45) is 5.84 Å². The number of ether oxygens (including phenoxy) is 1. The van der Waals surface area contributed by atoms with E-state index in [1.807, 2.05) is 11.8 Å². The van der Waals surface area contributed by atoms with Crippen LogP contribution in [-0.4, -0.2) is 36.1 Å². The number of hydrogen-bond acceptors (Lipinski definition) is 4. The van der Waals surface area contributed by atoms with Gasteiger partial charge in [0.05, 0.1) is 18.8 Å². The summed E-state index contributed by atoms with van der Waals surface area (Å²) in [5.41, 5.74) is 4.03. The molecule has 2 atom stereocenters. The van der Waals surface area contributed by atoms with Gasteiger partial charge in [-0.15, -0.1) is 0 Å². The van der Waals surface area contributed by atoms with Gasteiger partial charge in [-0.3, -0.25) is 10.6 Å². The van der Waals surface area contributed by atoms with Crippen LogP contribution in [0.15, 0.2) is 24.3 Å². The number of hydrogen-bond donors (Lipinski definition) is 2. The molecule has 1 fully saturated rings. The van der Waals surface area contributed by atoms with E-state index < -0.39 is 0 Å². The largest absolute Gasteiger partial charge is 0.375 e. The molecule has 0 saturated carbocycles. The molecule has 19 heavy (non-hydrogen) atoms. The molecule has 0 aromatic heterocycles. The SMILES string of the molecule is CCC1COC(C)CN1C(=O)c1ccc(NN)cc1. The smallest absolute Gasteiger partial charge is 0.254 e. The van der Waals surface area contributed by atoms with E-state index in [0.717, 1.165) is 12.1 Å². The summed E-state index contributed by atoms with van der Waals surface area (Å²) in [6.07, 6.45) is 0.998. The predicted molar refractivity (Wildman–Crippen MR) is 74.8 cm³/mol. The first-order chi connectivity index (χ1) is 9.15. The number of nitrogens with one attached hydrogen (secondary N) is 1. The first-order valence-electron chi connectivity index (χ1n) is 6.65. The molecule has 1 aliphatic rings. The van der Waals surface area contributed by atoms with Crippen LogP contribution in [0.3, 0.4) is 0 Å². The molecule has 3 N–H and O–H groups in total. The highest BCUT2D eigenvalue weighted by Gasteiger charge is 2.29. The molecule has 0 bridgehead atoms. The Morgan fingerprint density at radius 3 is 2.74 bits per heavy atom. The molecule has 1 aromatic rings. The Kier molecular flexibility index (Phi) is 4.39. The maximum atomic E-state index is 12.5. The molecular weight excluding hydrogens is 242 g/mol. The Morgan fingerprint density at radius 2 is 2.16 bits per heavy atom. The van der Waals surface area contributed by atoms with Crippen molar-refractivity contribution in [2.75, 3.05) is 18.6 Å². The third kappa shape index (κ3) is 3.05. The van der Waals surface area contributed by atoms with Gasteiger partial charge < -0.3 is 15.1 Å². The average Bonchev–Trinajstić information content (AvgIpc) is 2.46. The number of amides is 1. The summed E-state index contributed by atoms with van der Waals surface area (Å²) in [5.74, 6) is 5.38. The molecule has 1 amide bonds. The maximum Gasteiger partial charge on any atom is 0.254 e. The van der Waals surface area contributed by atoms with E-state index in [4.69, 9.17) is 10.6 Å². The van der Waals surface area contributed by atoms with Gasteiger partial charge in [-0.05, 0) is 37.6 Å². The van der Waals surface area contributed by atoms with Gasteiger partial charge in [-0.25, -0.2) is 0 Å². The van der Waals surface area contributed by atoms with Gasteiger partial charge in [0.15, 0.2) is 0 Å².